The maximum absolute atomic E-state index is 13.7. The third-order valence-corrected chi connectivity index (χ3v) is 3.99. The van der Waals surface area contributed by atoms with Gasteiger partial charge in [0.25, 0.3) is 0 Å². The van der Waals surface area contributed by atoms with Crippen LogP contribution in [0.5, 0.6) is 0 Å². The van der Waals surface area contributed by atoms with Crippen LogP contribution in [-0.4, -0.2) is 36.1 Å². The van der Waals surface area contributed by atoms with Crippen molar-refractivity contribution in [3.63, 3.8) is 0 Å². The molecule has 0 aliphatic carbocycles. The lowest BCUT2D eigenvalue weighted by Gasteiger charge is -2.27. The lowest BCUT2D eigenvalue weighted by Crippen LogP contribution is -2.34. The number of nitrogens with zero attached hydrogens (tertiary/aromatic N) is 1. The van der Waals surface area contributed by atoms with Gasteiger partial charge in [-0.3, -0.25) is 9.69 Å². The van der Waals surface area contributed by atoms with Gasteiger partial charge in [-0.25, -0.2) is 22.0 Å². The minimum atomic E-state index is -2.30. The molecule has 4 nitrogen and oxygen atoms in total. The minimum Gasteiger partial charge on any atom is -0.396 e. The maximum atomic E-state index is 13.7. The van der Waals surface area contributed by atoms with Gasteiger partial charge in [-0.05, 0) is 19.0 Å². The normalized spacial score (nSPS) is 12.3. The van der Waals surface area contributed by atoms with Crippen molar-refractivity contribution in [1.82, 2.24) is 4.90 Å². The molecule has 0 bridgehead atoms. The Morgan fingerprint density at radius 3 is 2.04 bits per heavy atom. The molecule has 9 heteroatoms. The number of benzene rings is 2. The fourth-order valence-corrected chi connectivity index (χ4v) is 2.67. The van der Waals surface area contributed by atoms with E-state index in [1.807, 2.05) is 0 Å². The zero-order valence-electron chi connectivity index (χ0n) is 14.3. The number of carbonyl (C=O) groups excluding carboxylic acids is 1. The Balaban J connectivity index is 2.18. The van der Waals surface area contributed by atoms with Gasteiger partial charge in [0, 0.05) is 12.6 Å². The van der Waals surface area contributed by atoms with Crippen LogP contribution in [0.2, 0.25) is 0 Å². The van der Waals surface area contributed by atoms with Crippen LogP contribution in [0.15, 0.2) is 30.3 Å². The highest BCUT2D eigenvalue weighted by molar-refractivity contribution is 5.92. The molecule has 0 saturated carbocycles. The number of carbonyl (C=O) groups is 1. The lowest BCUT2D eigenvalue weighted by atomic mass is 10.0. The number of aliphatic hydroxyl groups is 1. The van der Waals surface area contributed by atoms with Crippen LogP contribution >= 0.6 is 0 Å². The van der Waals surface area contributed by atoms with E-state index in [1.165, 1.54) is 11.9 Å². The number of aliphatic hydroxyl groups excluding tert-OH is 1. The third-order valence-electron chi connectivity index (χ3n) is 3.99. The number of nitrogens with one attached hydrogen (secondary N) is 1. The second-order valence-electron chi connectivity index (χ2n) is 5.85. The Labute approximate surface area is 152 Å². The van der Waals surface area contributed by atoms with Crippen LogP contribution in [0, 0.1) is 29.1 Å². The summed E-state index contributed by atoms with van der Waals surface area (Å²) >= 11 is 0. The molecule has 1 atom stereocenters. The van der Waals surface area contributed by atoms with Gasteiger partial charge in [0.05, 0.1) is 6.54 Å². The lowest BCUT2D eigenvalue weighted by molar-refractivity contribution is -0.117. The first-order valence-electron chi connectivity index (χ1n) is 7.95. The fraction of sp³-hybridized carbons (Fsp3) is 0.278. The summed E-state index contributed by atoms with van der Waals surface area (Å²) in [5, 5.41) is 11.0. The average molecular weight is 388 g/mol. The molecule has 0 saturated heterocycles. The molecule has 2 aromatic carbocycles. The molecule has 0 radical (unpaired) electrons. The van der Waals surface area contributed by atoms with Crippen molar-refractivity contribution < 1.29 is 31.9 Å². The first-order valence-corrected chi connectivity index (χ1v) is 7.95. The van der Waals surface area contributed by atoms with Gasteiger partial charge >= 0.3 is 0 Å². The Kier molecular flexibility index (Phi) is 6.86. The summed E-state index contributed by atoms with van der Waals surface area (Å²) < 4.78 is 66.8. The summed E-state index contributed by atoms with van der Waals surface area (Å²) in [6, 6.07) is 8.48. The van der Waals surface area contributed by atoms with Crippen LogP contribution in [0.4, 0.5) is 27.6 Å². The molecule has 146 valence electrons. The summed E-state index contributed by atoms with van der Waals surface area (Å²) in [5.74, 6) is -11.8. The highest BCUT2D eigenvalue weighted by atomic mass is 19.2. The summed E-state index contributed by atoms with van der Waals surface area (Å²) in [4.78, 5) is 13.6. The fourth-order valence-electron chi connectivity index (χ4n) is 2.67. The molecule has 0 unspecified atom stereocenters. The molecule has 0 aromatic heterocycles. The predicted molar refractivity (Wildman–Crippen MR) is 88.4 cm³/mol. The van der Waals surface area contributed by atoms with E-state index in [4.69, 9.17) is 0 Å². The summed E-state index contributed by atoms with van der Waals surface area (Å²) in [6.45, 7) is -0.581. The second-order valence-corrected chi connectivity index (χ2v) is 5.85. The molecule has 2 N–H and O–H groups in total. The zero-order chi connectivity index (χ0) is 20.1. The average Bonchev–Trinajstić information content (AvgIpc) is 2.66. The van der Waals surface area contributed by atoms with E-state index in [0.717, 1.165) is 5.56 Å². The van der Waals surface area contributed by atoms with Gasteiger partial charge in [0.2, 0.25) is 11.7 Å². The van der Waals surface area contributed by atoms with Crippen molar-refractivity contribution in [2.75, 3.05) is 25.5 Å². The summed E-state index contributed by atoms with van der Waals surface area (Å²) in [6.07, 6.45) is 0.274. The Morgan fingerprint density at radius 1 is 1.00 bits per heavy atom. The highest BCUT2D eigenvalue weighted by Crippen LogP contribution is 2.27. The Bertz CT molecular complexity index is 788. The van der Waals surface area contributed by atoms with E-state index in [1.54, 1.807) is 35.6 Å². The molecule has 0 heterocycles. The topological polar surface area (TPSA) is 52.6 Å². The van der Waals surface area contributed by atoms with Crippen molar-refractivity contribution in [2.45, 2.75) is 12.5 Å². The standard InChI is InChI=1S/C18H17F5N2O2/c1-25(11(7-8-26)10-5-3-2-4-6-10)9-12(27)24-18-16(22)14(20)13(19)15(21)17(18)23/h2-6,11,26H,7-9H2,1H3,(H,24,27)/t11-/m0/s1. The van der Waals surface area contributed by atoms with E-state index in [-0.39, 0.29) is 13.0 Å². The quantitative estimate of drug-likeness (QED) is 0.434. The number of halogens is 5. The molecule has 0 aliphatic heterocycles. The first-order chi connectivity index (χ1) is 12.8. The largest absolute Gasteiger partial charge is 0.396 e. The van der Waals surface area contributed by atoms with Gasteiger partial charge in [-0.1, -0.05) is 30.3 Å². The van der Waals surface area contributed by atoms with Gasteiger partial charge < -0.3 is 10.4 Å². The predicted octanol–water partition coefficient (Wildman–Crippen LogP) is 3.38. The molecule has 0 spiro atoms. The first kappa shape index (κ1) is 20.8. The monoisotopic (exact) mass is 388 g/mol. The number of amides is 1. The Hall–Kier alpha value is -2.52. The van der Waals surface area contributed by atoms with Crippen molar-refractivity contribution in [3.05, 3.63) is 65.0 Å². The number of likely N-dealkylation sites (N-methyl/N-ethyl adjacent to an activating group) is 1. The van der Waals surface area contributed by atoms with Crippen molar-refractivity contribution in [2.24, 2.45) is 0 Å². The minimum absolute atomic E-state index is 0.177. The van der Waals surface area contributed by atoms with E-state index in [2.05, 4.69) is 0 Å². The number of hydrogen-bond acceptors (Lipinski definition) is 3. The Morgan fingerprint density at radius 2 is 1.52 bits per heavy atom. The van der Waals surface area contributed by atoms with Gasteiger partial charge in [-0.15, -0.1) is 0 Å². The van der Waals surface area contributed by atoms with Gasteiger partial charge in [0.15, 0.2) is 23.3 Å². The van der Waals surface area contributed by atoms with E-state index >= 15 is 0 Å². The molecule has 1 amide bonds. The highest BCUT2D eigenvalue weighted by Gasteiger charge is 2.27. The van der Waals surface area contributed by atoms with Crippen molar-refractivity contribution >= 4 is 11.6 Å². The van der Waals surface area contributed by atoms with E-state index < -0.39 is 53.3 Å². The molecular formula is C18H17F5N2O2. The second kappa shape index (κ2) is 8.92. The molecule has 0 aliphatic rings. The number of rotatable bonds is 7. The van der Waals surface area contributed by atoms with Crippen molar-refractivity contribution in [1.29, 1.82) is 0 Å². The van der Waals surface area contributed by atoms with Gasteiger partial charge in [0.1, 0.15) is 5.69 Å². The van der Waals surface area contributed by atoms with Gasteiger partial charge in [-0.2, -0.15) is 0 Å². The number of anilines is 1. The summed E-state index contributed by atoms with van der Waals surface area (Å²) in [7, 11) is 1.53. The van der Waals surface area contributed by atoms with Crippen LogP contribution in [-0.2, 0) is 4.79 Å². The maximum Gasteiger partial charge on any atom is 0.238 e. The van der Waals surface area contributed by atoms with E-state index in [9.17, 15) is 31.9 Å². The smallest absolute Gasteiger partial charge is 0.238 e. The SMILES string of the molecule is CN(CC(=O)Nc1c(F)c(F)c(F)c(F)c1F)[C@@H](CCO)c1ccccc1. The van der Waals surface area contributed by atoms with Crippen LogP contribution in [0.3, 0.4) is 0 Å². The molecular weight excluding hydrogens is 371 g/mol. The number of hydrogen-bond donors (Lipinski definition) is 2. The molecule has 27 heavy (non-hydrogen) atoms. The molecule has 2 aromatic rings. The molecule has 2 rings (SSSR count). The van der Waals surface area contributed by atoms with E-state index in [0.29, 0.717) is 0 Å². The van der Waals surface area contributed by atoms with Crippen molar-refractivity contribution in [3.8, 4) is 0 Å². The zero-order valence-corrected chi connectivity index (χ0v) is 14.3. The third kappa shape index (κ3) is 4.61. The summed E-state index contributed by atoms with van der Waals surface area (Å²) in [5.41, 5.74) is -0.610. The van der Waals surface area contributed by atoms with Crippen LogP contribution in [0.25, 0.3) is 0 Å². The van der Waals surface area contributed by atoms with Crippen LogP contribution in [0.1, 0.15) is 18.0 Å². The molecule has 0 fully saturated rings. The van der Waals surface area contributed by atoms with Crippen LogP contribution < -0.4 is 5.32 Å².